The summed E-state index contributed by atoms with van der Waals surface area (Å²) in [4.78, 5) is 23.6. The number of halogens is 3. The second-order valence-corrected chi connectivity index (χ2v) is 4.54. The predicted molar refractivity (Wildman–Crippen MR) is 64.5 cm³/mol. The monoisotopic (exact) mass is 289 g/mol. The van der Waals surface area contributed by atoms with Crippen LogP contribution >= 0.6 is 0 Å². The van der Waals surface area contributed by atoms with Gasteiger partial charge in [-0.15, -0.1) is 0 Å². The van der Waals surface area contributed by atoms with E-state index in [-0.39, 0.29) is 5.56 Å². The van der Waals surface area contributed by atoms with Gasteiger partial charge in [-0.1, -0.05) is 0 Å². The van der Waals surface area contributed by atoms with Crippen molar-refractivity contribution >= 4 is 11.9 Å². The van der Waals surface area contributed by atoms with E-state index in [2.05, 4.69) is 0 Å². The van der Waals surface area contributed by atoms with Crippen molar-refractivity contribution in [3.05, 3.63) is 35.1 Å². The van der Waals surface area contributed by atoms with Gasteiger partial charge >= 0.3 is 5.97 Å². The van der Waals surface area contributed by atoms with Crippen LogP contribution in [0.2, 0.25) is 0 Å². The van der Waals surface area contributed by atoms with Crippen LogP contribution in [-0.4, -0.2) is 34.5 Å². The number of carbonyl (C=O) groups excluding carboxylic acids is 1. The summed E-state index contributed by atoms with van der Waals surface area (Å²) < 4.78 is 39.2. The van der Waals surface area contributed by atoms with E-state index in [4.69, 9.17) is 5.11 Å². The molecule has 1 aromatic carbocycles. The molecule has 7 heteroatoms. The number of carboxylic acid groups (broad SMARTS) is 1. The van der Waals surface area contributed by atoms with Gasteiger partial charge in [0.2, 0.25) is 5.91 Å². The number of nitrogens with zero attached hydrogens (tertiary/aromatic N) is 1. The predicted octanol–water partition coefficient (Wildman–Crippen LogP) is 1.97. The molecule has 0 aromatic heterocycles. The molecule has 0 unspecified atom stereocenters. The molecule has 4 nitrogen and oxygen atoms in total. The normalized spacial score (nSPS) is 10.7. The summed E-state index contributed by atoms with van der Waals surface area (Å²) in [6, 6.07) is 0.545. The number of aliphatic carboxylic acids is 1. The van der Waals surface area contributed by atoms with Crippen molar-refractivity contribution in [3.8, 4) is 0 Å². The van der Waals surface area contributed by atoms with Gasteiger partial charge in [0.25, 0.3) is 0 Å². The van der Waals surface area contributed by atoms with Crippen molar-refractivity contribution in [2.45, 2.75) is 26.3 Å². The summed E-state index contributed by atoms with van der Waals surface area (Å²) in [7, 11) is 0. The fraction of sp³-hybridized carbons (Fsp3) is 0.385. The molecule has 1 aromatic rings. The third-order valence-electron chi connectivity index (χ3n) is 2.68. The minimum atomic E-state index is -1.34. The van der Waals surface area contributed by atoms with Gasteiger partial charge < -0.3 is 10.0 Å². The zero-order chi connectivity index (χ0) is 15.4. The van der Waals surface area contributed by atoms with E-state index in [0.29, 0.717) is 12.1 Å². The summed E-state index contributed by atoms with van der Waals surface area (Å²) in [5.74, 6) is -5.53. The Kier molecular flexibility index (Phi) is 5.12. The zero-order valence-electron chi connectivity index (χ0n) is 11.0. The van der Waals surface area contributed by atoms with Gasteiger partial charge in [-0.2, -0.15) is 0 Å². The van der Waals surface area contributed by atoms with E-state index in [1.54, 1.807) is 13.8 Å². The first-order chi connectivity index (χ1) is 9.22. The molecule has 0 bridgehead atoms. The van der Waals surface area contributed by atoms with E-state index in [0.717, 1.165) is 4.90 Å². The average Bonchev–Trinajstić information content (AvgIpc) is 2.32. The second-order valence-electron chi connectivity index (χ2n) is 4.54. The largest absolute Gasteiger partial charge is 0.480 e. The van der Waals surface area contributed by atoms with Crippen molar-refractivity contribution in [1.82, 2.24) is 4.90 Å². The topological polar surface area (TPSA) is 57.6 Å². The molecule has 0 spiro atoms. The standard InChI is InChI=1S/C13H14F3NO3/c1-7(2)17(6-13(19)20)12(18)4-8-3-10(15)11(16)5-9(8)14/h3,5,7H,4,6H2,1-2H3,(H,19,20). The molecule has 0 saturated carbocycles. The number of hydrogen-bond donors (Lipinski definition) is 1. The number of rotatable bonds is 5. The lowest BCUT2D eigenvalue weighted by atomic mass is 10.1. The molecule has 0 aliphatic heterocycles. The van der Waals surface area contributed by atoms with Crippen molar-refractivity contribution in [2.24, 2.45) is 0 Å². The number of hydrogen-bond acceptors (Lipinski definition) is 2. The van der Waals surface area contributed by atoms with E-state index in [1.807, 2.05) is 0 Å². The molecule has 1 N–H and O–H groups in total. The highest BCUT2D eigenvalue weighted by molar-refractivity contribution is 5.83. The summed E-state index contributed by atoms with van der Waals surface area (Å²) in [6.45, 7) is 2.66. The van der Waals surface area contributed by atoms with Crippen molar-refractivity contribution in [2.75, 3.05) is 6.54 Å². The van der Waals surface area contributed by atoms with Crippen molar-refractivity contribution in [3.63, 3.8) is 0 Å². The molecule has 0 saturated heterocycles. The Hall–Kier alpha value is -2.05. The maximum atomic E-state index is 13.4. The molecular weight excluding hydrogens is 275 g/mol. The summed E-state index contributed by atoms with van der Waals surface area (Å²) >= 11 is 0. The second kappa shape index (κ2) is 6.40. The van der Waals surface area contributed by atoms with E-state index in [9.17, 15) is 22.8 Å². The van der Waals surface area contributed by atoms with Crippen LogP contribution in [0.15, 0.2) is 12.1 Å². The van der Waals surface area contributed by atoms with Crippen molar-refractivity contribution < 1.29 is 27.9 Å². The maximum Gasteiger partial charge on any atom is 0.323 e. The smallest absolute Gasteiger partial charge is 0.323 e. The van der Waals surface area contributed by atoms with E-state index in [1.165, 1.54) is 0 Å². The Morgan fingerprint density at radius 1 is 1.15 bits per heavy atom. The van der Waals surface area contributed by atoms with Gasteiger partial charge in [-0.05, 0) is 19.9 Å². The minimum Gasteiger partial charge on any atom is -0.480 e. The molecule has 0 radical (unpaired) electrons. The number of benzene rings is 1. The highest BCUT2D eigenvalue weighted by atomic mass is 19.2. The lowest BCUT2D eigenvalue weighted by Crippen LogP contribution is -2.41. The summed E-state index contributed by atoms with van der Waals surface area (Å²) in [6.07, 6.45) is -0.533. The molecule has 0 heterocycles. The molecule has 110 valence electrons. The zero-order valence-corrected chi connectivity index (χ0v) is 11.0. The number of carboxylic acids is 1. The van der Waals surface area contributed by atoms with Crippen LogP contribution in [0.5, 0.6) is 0 Å². The van der Waals surface area contributed by atoms with Crippen LogP contribution in [0.4, 0.5) is 13.2 Å². The average molecular weight is 289 g/mol. The van der Waals surface area contributed by atoms with Gasteiger partial charge in [0, 0.05) is 17.7 Å². The lowest BCUT2D eigenvalue weighted by molar-refractivity contribution is -0.145. The Labute approximate surface area is 113 Å². The SMILES string of the molecule is CC(C)N(CC(=O)O)C(=O)Cc1cc(F)c(F)cc1F. The molecule has 0 atom stereocenters. The highest BCUT2D eigenvalue weighted by Gasteiger charge is 2.22. The molecule has 20 heavy (non-hydrogen) atoms. The lowest BCUT2D eigenvalue weighted by Gasteiger charge is -2.25. The molecular formula is C13H14F3NO3. The van der Waals surface area contributed by atoms with Gasteiger partial charge in [0.05, 0.1) is 6.42 Å². The fourth-order valence-corrected chi connectivity index (χ4v) is 1.67. The van der Waals surface area contributed by atoms with Crippen LogP contribution in [0.3, 0.4) is 0 Å². The van der Waals surface area contributed by atoms with Crippen LogP contribution in [0.25, 0.3) is 0 Å². The minimum absolute atomic E-state index is 0.315. The molecule has 0 aliphatic carbocycles. The molecule has 0 fully saturated rings. The Bertz CT molecular complexity index is 532. The van der Waals surface area contributed by atoms with Gasteiger partial charge in [-0.3, -0.25) is 9.59 Å². The maximum absolute atomic E-state index is 13.4. The Morgan fingerprint density at radius 3 is 2.20 bits per heavy atom. The summed E-state index contributed by atoms with van der Waals surface area (Å²) in [5.41, 5.74) is -0.315. The van der Waals surface area contributed by atoms with Crippen LogP contribution in [0.1, 0.15) is 19.4 Å². The first kappa shape index (κ1) is 16.0. The van der Waals surface area contributed by atoms with Crippen LogP contribution in [-0.2, 0) is 16.0 Å². The quantitative estimate of drug-likeness (QED) is 0.843. The molecule has 1 amide bonds. The Balaban J connectivity index is 2.93. The van der Waals surface area contributed by atoms with E-state index >= 15 is 0 Å². The van der Waals surface area contributed by atoms with E-state index < -0.39 is 48.3 Å². The summed E-state index contributed by atoms with van der Waals surface area (Å²) in [5, 5.41) is 8.71. The fourth-order valence-electron chi connectivity index (χ4n) is 1.67. The highest BCUT2D eigenvalue weighted by Crippen LogP contribution is 2.15. The molecule has 1 rings (SSSR count). The Morgan fingerprint density at radius 2 is 1.70 bits per heavy atom. The third kappa shape index (κ3) is 3.97. The third-order valence-corrected chi connectivity index (χ3v) is 2.68. The molecule has 0 aliphatic rings. The van der Waals surface area contributed by atoms with Crippen LogP contribution < -0.4 is 0 Å². The van der Waals surface area contributed by atoms with Crippen molar-refractivity contribution in [1.29, 1.82) is 0 Å². The van der Waals surface area contributed by atoms with Gasteiger partial charge in [0.1, 0.15) is 12.4 Å². The van der Waals surface area contributed by atoms with Gasteiger partial charge in [0.15, 0.2) is 11.6 Å². The van der Waals surface area contributed by atoms with Gasteiger partial charge in [-0.25, -0.2) is 13.2 Å². The number of amides is 1. The van der Waals surface area contributed by atoms with Crippen LogP contribution in [0, 0.1) is 17.5 Å². The first-order valence-corrected chi connectivity index (χ1v) is 5.87. The first-order valence-electron chi connectivity index (χ1n) is 5.87. The number of carbonyl (C=O) groups is 2.